The van der Waals surface area contributed by atoms with E-state index >= 15 is 0 Å². The second-order valence-corrected chi connectivity index (χ2v) is 5.22. The highest BCUT2D eigenvalue weighted by Gasteiger charge is 2.43. The molecule has 1 heterocycles. The van der Waals surface area contributed by atoms with Gasteiger partial charge < -0.3 is 10.0 Å². The largest absolute Gasteiger partial charge is 0.508 e. The maximum Gasteiger partial charge on any atom is 0.252 e. The number of piperazine rings is 1. The molecule has 1 saturated heterocycles. The van der Waals surface area contributed by atoms with Crippen LogP contribution in [0.25, 0.3) is 0 Å². The number of imide groups is 1. The molecule has 6 nitrogen and oxygen atoms in total. The number of hydrogen-bond acceptors (Lipinski definition) is 4. The average molecular weight is 276 g/mol. The van der Waals surface area contributed by atoms with Crippen molar-refractivity contribution in [2.24, 2.45) is 0 Å². The van der Waals surface area contributed by atoms with Crippen molar-refractivity contribution >= 4 is 17.7 Å². The molecule has 1 aromatic rings. The first-order valence-corrected chi connectivity index (χ1v) is 6.24. The summed E-state index contributed by atoms with van der Waals surface area (Å²) in [6.07, 6.45) is -0.0589. The number of hydrogen-bond donors (Lipinski definition) is 2. The van der Waals surface area contributed by atoms with Gasteiger partial charge in [-0.05, 0) is 19.9 Å². The molecule has 1 aliphatic rings. The standard InChI is InChI=1S/C14H16N2O4/c1-14(2)13(20)15-11(18)8-16(14)12(19)7-9-5-3-4-6-10(9)17/h3-6,17H,7-8H2,1-2H3,(H,15,18,20). The predicted octanol–water partition coefficient (Wildman–Crippen LogP) is 0.198. The van der Waals surface area contributed by atoms with Gasteiger partial charge in [0.05, 0.1) is 6.42 Å². The topological polar surface area (TPSA) is 86.7 Å². The van der Waals surface area contributed by atoms with Crippen LogP contribution in [-0.4, -0.2) is 39.8 Å². The Bertz CT molecular complexity index is 580. The number of benzene rings is 1. The third kappa shape index (κ3) is 2.49. The van der Waals surface area contributed by atoms with Gasteiger partial charge in [0.1, 0.15) is 17.8 Å². The molecule has 2 N–H and O–H groups in total. The van der Waals surface area contributed by atoms with Gasteiger partial charge in [-0.15, -0.1) is 0 Å². The van der Waals surface area contributed by atoms with Gasteiger partial charge in [-0.3, -0.25) is 19.7 Å². The number of phenols is 1. The number of para-hydroxylation sites is 1. The molecule has 6 heteroatoms. The number of nitrogens with one attached hydrogen (secondary N) is 1. The molecule has 3 amide bonds. The zero-order chi connectivity index (χ0) is 14.9. The van der Waals surface area contributed by atoms with Crippen molar-refractivity contribution in [2.75, 3.05) is 6.54 Å². The molecule has 1 aromatic carbocycles. The SMILES string of the molecule is CC1(C)C(=O)NC(=O)CN1C(=O)Cc1ccccc1O. The number of amides is 3. The summed E-state index contributed by atoms with van der Waals surface area (Å²) in [5, 5.41) is 11.9. The van der Waals surface area contributed by atoms with Crippen molar-refractivity contribution in [1.29, 1.82) is 0 Å². The molecule has 0 atom stereocenters. The number of rotatable bonds is 2. The Labute approximate surface area is 116 Å². The molecule has 0 saturated carbocycles. The molecule has 1 aliphatic heterocycles. The van der Waals surface area contributed by atoms with E-state index in [1.54, 1.807) is 32.0 Å². The minimum atomic E-state index is -1.09. The summed E-state index contributed by atoms with van der Waals surface area (Å²) in [4.78, 5) is 36.8. The Balaban J connectivity index is 2.22. The van der Waals surface area contributed by atoms with Crippen LogP contribution in [0.3, 0.4) is 0 Å². The number of carbonyl (C=O) groups excluding carboxylic acids is 3. The lowest BCUT2D eigenvalue weighted by Crippen LogP contribution is -2.65. The number of phenolic OH excluding ortho intramolecular Hbond substituents is 1. The second-order valence-electron chi connectivity index (χ2n) is 5.22. The molecule has 0 radical (unpaired) electrons. The molecule has 20 heavy (non-hydrogen) atoms. The summed E-state index contributed by atoms with van der Waals surface area (Å²) in [5.74, 6) is -1.36. The molecule has 0 spiro atoms. The maximum atomic E-state index is 12.3. The Morgan fingerprint density at radius 3 is 2.65 bits per heavy atom. The summed E-state index contributed by atoms with van der Waals surface area (Å²) < 4.78 is 0. The molecule has 0 unspecified atom stereocenters. The Hall–Kier alpha value is -2.37. The van der Waals surface area contributed by atoms with Gasteiger partial charge in [0, 0.05) is 5.56 Å². The van der Waals surface area contributed by atoms with Crippen LogP contribution in [0.4, 0.5) is 0 Å². The van der Waals surface area contributed by atoms with Crippen molar-refractivity contribution in [1.82, 2.24) is 10.2 Å². The molecule has 1 fully saturated rings. The first kappa shape index (κ1) is 14.0. The third-order valence-corrected chi connectivity index (χ3v) is 3.42. The Kier molecular flexibility index (Phi) is 3.48. The number of carbonyl (C=O) groups is 3. The van der Waals surface area contributed by atoms with E-state index in [1.807, 2.05) is 0 Å². The van der Waals surface area contributed by atoms with Gasteiger partial charge in [0.2, 0.25) is 11.8 Å². The van der Waals surface area contributed by atoms with E-state index in [9.17, 15) is 19.5 Å². The summed E-state index contributed by atoms with van der Waals surface area (Å²) >= 11 is 0. The summed E-state index contributed by atoms with van der Waals surface area (Å²) in [7, 11) is 0. The Morgan fingerprint density at radius 2 is 2.00 bits per heavy atom. The Morgan fingerprint density at radius 1 is 1.35 bits per heavy atom. The van der Waals surface area contributed by atoms with Gasteiger partial charge in [-0.2, -0.15) is 0 Å². The van der Waals surface area contributed by atoms with Gasteiger partial charge in [0.15, 0.2) is 0 Å². The second kappa shape index (κ2) is 4.96. The van der Waals surface area contributed by atoms with Crippen molar-refractivity contribution in [3.05, 3.63) is 29.8 Å². The zero-order valence-electron chi connectivity index (χ0n) is 11.3. The molecule has 106 valence electrons. The molecule has 0 bridgehead atoms. The summed E-state index contributed by atoms with van der Waals surface area (Å²) in [6.45, 7) is 3.00. The van der Waals surface area contributed by atoms with E-state index in [-0.39, 0.29) is 24.6 Å². The molecule has 2 rings (SSSR count). The molecular weight excluding hydrogens is 260 g/mol. The fourth-order valence-electron chi connectivity index (χ4n) is 2.10. The van der Waals surface area contributed by atoms with Crippen LogP contribution in [0.15, 0.2) is 24.3 Å². The van der Waals surface area contributed by atoms with E-state index in [0.717, 1.165) is 0 Å². The van der Waals surface area contributed by atoms with Gasteiger partial charge in [-0.1, -0.05) is 18.2 Å². The lowest BCUT2D eigenvalue weighted by molar-refractivity contribution is -0.155. The zero-order valence-corrected chi connectivity index (χ0v) is 11.3. The molecule has 0 aromatic heterocycles. The smallest absolute Gasteiger partial charge is 0.252 e. The van der Waals surface area contributed by atoms with Crippen molar-refractivity contribution < 1.29 is 19.5 Å². The normalized spacial score (nSPS) is 17.8. The fraction of sp³-hybridized carbons (Fsp3) is 0.357. The first-order valence-electron chi connectivity index (χ1n) is 6.24. The van der Waals surface area contributed by atoms with E-state index in [0.29, 0.717) is 5.56 Å². The molecular formula is C14H16N2O4. The van der Waals surface area contributed by atoms with Crippen LogP contribution >= 0.6 is 0 Å². The van der Waals surface area contributed by atoms with Gasteiger partial charge >= 0.3 is 0 Å². The van der Waals surface area contributed by atoms with Crippen LogP contribution in [0.5, 0.6) is 5.75 Å². The van der Waals surface area contributed by atoms with Crippen LogP contribution < -0.4 is 5.32 Å². The van der Waals surface area contributed by atoms with Gasteiger partial charge in [0.25, 0.3) is 5.91 Å². The van der Waals surface area contributed by atoms with Crippen molar-refractivity contribution in [2.45, 2.75) is 25.8 Å². The van der Waals surface area contributed by atoms with Crippen LogP contribution in [0.1, 0.15) is 19.4 Å². The highest BCUT2D eigenvalue weighted by atomic mass is 16.3. The molecule has 0 aliphatic carbocycles. The predicted molar refractivity (Wildman–Crippen MR) is 70.8 cm³/mol. The van der Waals surface area contributed by atoms with Crippen LogP contribution in [-0.2, 0) is 20.8 Å². The van der Waals surface area contributed by atoms with E-state index in [2.05, 4.69) is 5.32 Å². The summed E-state index contributed by atoms with van der Waals surface area (Å²) in [6, 6.07) is 6.49. The van der Waals surface area contributed by atoms with Crippen molar-refractivity contribution in [3.63, 3.8) is 0 Å². The quantitative estimate of drug-likeness (QED) is 0.755. The lowest BCUT2D eigenvalue weighted by Gasteiger charge is -2.40. The fourth-order valence-corrected chi connectivity index (χ4v) is 2.10. The number of aromatic hydroxyl groups is 1. The first-order chi connectivity index (χ1) is 9.32. The van der Waals surface area contributed by atoms with E-state index in [1.165, 1.54) is 11.0 Å². The van der Waals surface area contributed by atoms with E-state index in [4.69, 9.17) is 0 Å². The highest BCUT2D eigenvalue weighted by Crippen LogP contribution is 2.22. The van der Waals surface area contributed by atoms with E-state index < -0.39 is 17.4 Å². The monoisotopic (exact) mass is 276 g/mol. The van der Waals surface area contributed by atoms with Crippen LogP contribution in [0.2, 0.25) is 0 Å². The van der Waals surface area contributed by atoms with Crippen LogP contribution in [0, 0.1) is 0 Å². The maximum absolute atomic E-state index is 12.3. The average Bonchev–Trinajstić information content (AvgIpc) is 2.37. The minimum Gasteiger partial charge on any atom is -0.508 e. The summed E-state index contributed by atoms with van der Waals surface area (Å²) in [5.41, 5.74) is -0.623. The minimum absolute atomic E-state index is 0.0199. The number of nitrogens with zero attached hydrogens (tertiary/aromatic N) is 1. The van der Waals surface area contributed by atoms with Gasteiger partial charge in [-0.25, -0.2) is 0 Å². The highest BCUT2D eigenvalue weighted by molar-refractivity contribution is 6.06. The lowest BCUT2D eigenvalue weighted by atomic mass is 9.97. The van der Waals surface area contributed by atoms with Crippen molar-refractivity contribution in [3.8, 4) is 5.75 Å². The third-order valence-electron chi connectivity index (χ3n) is 3.42.